The van der Waals surface area contributed by atoms with Crippen molar-refractivity contribution in [3.63, 3.8) is 0 Å². The van der Waals surface area contributed by atoms with Gasteiger partial charge in [-0.2, -0.15) is 0 Å². The molecular weight excluding hydrogens is 174 g/mol. The largest absolute Gasteiger partial charge is 0.367 e. The van der Waals surface area contributed by atoms with Crippen LogP contribution in [0.25, 0.3) is 0 Å². The third-order valence-electron chi connectivity index (χ3n) is 1.01. The normalized spacial score (nSPS) is 34.6. The molecule has 2 N–H and O–H groups in total. The highest BCUT2D eigenvalue weighted by atomic mass is 79.9. The minimum Gasteiger partial charge on any atom is -0.367 e. The lowest BCUT2D eigenvalue weighted by Gasteiger charge is -1.78. The highest BCUT2D eigenvalue weighted by Gasteiger charge is 2.42. The standard InChI is InChI=1S/C4H6BrNO2/c5-1-2-3(8-2)4(6)7/h2-3H,1H2,(H2,6,7)/t2-,3-/m0/s1. The van der Waals surface area contributed by atoms with Gasteiger partial charge >= 0.3 is 0 Å². The SMILES string of the molecule is NC(=O)[C@H]1O[C@H]1CBr. The minimum absolute atomic E-state index is 0.0347. The summed E-state index contributed by atoms with van der Waals surface area (Å²) in [7, 11) is 0. The molecule has 0 radical (unpaired) electrons. The summed E-state index contributed by atoms with van der Waals surface area (Å²) in [6, 6.07) is 0. The monoisotopic (exact) mass is 179 g/mol. The molecule has 1 saturated heterocycles. The first-order chi connectivity index (χ1) is 3.75. The van der Waals surface area contributed by atoms with Gasteiger partial charge in [0.25, 0.3) is 0 Å². The number of primary amides is 1. The van der Waals surface area contributed by atoms with E-state index < -0.39 is 0 Å². The van der Waals surface area contributed by atoms with Gasteiger partial charge in [0.2, 0.25) is 5.91 Å². The fraction of sp³-hybridized carbons (Fsp3) is 0.750. The first kappa shape index (κ1) is 6.04. The third-order valence-corrected chi connectivity index (χ3v) is 1.65. The summed E-state index contributed by atoms with van der Waals surface area (Å²) >= 11 is 3.15. The second-order valence-corrected chi connectivity index (χ2v) is 2.30. The van der Waals surface area contributed by atoms with Crippen LogP contribution in [-0.2, 0) is 9.53 Å². The molecule has 0 bridgehead atoms. The molecule has 0 aliphatic carbocycles. The number of halogens is 1. The number of amides is 1. The lowest BCUT2D eigenvalue weighted by atomic mass is 10.3. The molecule has 0 saturated carbocycles. The molecule has 1 rings (SSSR count). The zero-order valence-electron chi connectivity index (χ0n) is 4.13. The summed E-state index contributed by atoms with van der Waals surface area (Å²) in [4.78, 5) is 10.2. The molecule has 2 atom stereocenters. The van der Waals surface area contributed by atoms with E-state index in [9.17, 15) is 4.79 Å². The second kappa shape index (κ2) is 2.03. The van der Waals surface area contributed by atoms with Gasteiger partial charge in [0.1, 0.15) is 6.10 Å². The van der Waals surface area contributed by atoms with Crippen LogP contribution < -0.4 is 5.73 Å². The molecule has 46 valence electrons. The van der Waals surface area contributed by atoms with Crippen molar-refractivity contribution in [1.82, 2.24) is 0 Å². The zero-order valence-corrected chi connectivity index (χ0v) is 5.72. The summed E-state index contributed by atoms with van der Waals surface area (Å²) in [5.74, 6) is -0.366. The molecule has 3 nitrogen and oxygen atoms in total. The average Bonchev–Trinajstić information content (AvgIpc) is 2.42. The van der Waals surface area contributed by atoms with Gasteiger partial charge in [0.05, 0.1) is 0 Å². The second-order valence-electron chi connectivity index (χ2n) is 1.65. The van der Waals surface area contributed by atoms with E-state index >= 15 is 0 Å². The number of nitrogens with two attached hydrogens (primary N) is 1. The smallest absolute Gasteiger partial charge is 0.249 e. The maximum absolute atomic E-state index is 10.2. The number of alkyl halides is 1. The van der Waals surface area contributed by atoms with Gasteiger partial charge in [-0.3, -0.25) is 4.79 Å². The molecule has 8 heavy (non-hydrogen) atoms. The number of hydrogen-bond donors (Lipinski definition) is 1. The van der Waals surface area contributed by atoms with E-state index in [0.717, 1.165) is 0 Å². The molecule has 0 spiro atoms. The Balaban J connectivity index is 2.26. The highest BCUT2D eigenvalue weighted by molar-refractivity contribution is 9.09. The molecule has 1 amide bonds. The Morgan fingerprint density at radius 2 is 2.50 bits per heavy atom. The number of hydrogen-bond acceptors (Lipinski definition) is 2. The van der Waals surface area contributed by atoms with Crippen molar-refractivity contribution in [2.75, 3.05) is 5.33 Å². The van der Waals surface area contributed by atoms with Crippen LogP contribution in [0.3, 0.4) is 0 Å². The van der Waals surface area contributed by atoms with E-state index in [1.165, 1.54) is 0 Å². The van der Waals surface area contributed by atoms with Crippen LogP contribution >= 0.6 is 15.9 Å². The fourth-order valence-corrected chi connectivity index (χ4v) is 1.00. The Bertz CT molecular complexity index is 117. The maximum atomic E-state index is 10.2. The van der Waals surface area contributed by atoms with Crippen LogP contribution in [0.4, 0.5) is 0 Å². The zero-order chi connectivity index (χ0) is 6.15. The van der Waals surface area contributed by atoms with Crippen LogP contribution in [0.2, 0.25) is 0 Å². The number of ether oxygens (including phenoxy) is 1. The molecule has 1 fully saturated rings. The minimum atomic E-state index is -0.366. The molecule has 0 aromatic heterocycles. The van der Waals surface area contributed by atoms with E-state index in [2.05, 4.69) is 15.9 Å². The van der Waals surface area contributed by atoms with Gasteiger partial charge in [-0.05, 0) is 0 Å². The Hall–Kier alpha value is -0.0900. The summed E-state index contributed by atoms with van der Waals surface area (Å²) in [6.07, 6.45) is -0.290. The van der Waals surface area contributed by atoms with Gasteiger partial charge in [-0.15, -0.1) is 0 Å². The Labute approximate surface area is 55.3 Å². The van der Waals surface area contributed by atoms with Crippen molar-refractivity contribution in [1.29, 1.82) is 0 Å². The molecule has 1 heterocycles. The van der Waals surface area contributed by atoms with Crippen molar-refractivity contribution >= 4 is 21.8 Å². The van der Waals surface area contributed by atoms with E-state index in [1.54, 1.807) is 0 Å². The van der Waals surface area contributed by atoms with Gasteiger partial charge in [0, 0.05) is 5.33 Å². The fourth-order valence-electron chi connectivity index (χ4n) is 0.511. The predicted octanol–water partition coefficient (Wildman–Crippen LogP) is -0.366. The Morgan fingerprint density at radius 1 is 1.88 bits per heavy atom. The molecule has 4 heteroatoms. The lowest BCUT2D eigenvalue weighted by molar-refractivity contribution is -0.119. The third kappa shape index (κ3) is 1.00. The first-order valence-electron chi connectivity index (χ1n) is 2.26. The molecule has 0 unspecified atom stereocenters. The van der Waals surface area contributed by atoms with Gasteiger partial charge in [-0.25, -0.2) is 0 Å². The predicted molar refractivity (Wildman–Crippen MR) is 31.6 cm³/mol. The average molecular weight is 180 g/mol. The Kier molecular flexibility index (Phi) is 1.53. The van der Waals surface area contributed by atoms with Crippen molar-refractivity contribution < 1.29 is 9.53 Å². The maximum Gasteiger partial charge on any atom is 0.249 e. The van der Waals surface area contributed by atoms with Crippen LogP contribution in [0.5, 0.6) is 0 Å². The van der Waals surface area contributed by atoms with Gasteiger partial charge in [0.15, 0.2) is 6.10 Å². The number of carbonyl (C=O) groups is 1. The summed E-state index contributed by atoms with van der Waals surface area (Å²) in [5.41, 5.74) is 4.88. The molecule has 1 aliphatic heterocycles. The van der Waals surface area contributed by atoms with E-state index in [-0.39, 0.29) is 18.1 Å². The van der Waals surface area contributed by atoms with E-state index in [1.807, 2.05) is 0 Å². The number of epoxide rings is 1. The van der Waals surface area contributed by atoms with Crippen LogP contribution in [-0.4, -0.2) is 23.4 Å². The van der Waals surface area contributed by atoms with Crippen molar-refractivity contribution in [2.24, 2.45) is 5.73 Å². The van der Waals surface area contributed by atoms with Crippen LogP contribution in [0.15, 0.2) is 0 Å². The first-order valence-corrected chi connectivity index (χ1v) is 3.38. The van der Waals surface area contributed by atoms with Gasteiger partial charge in [-0.1, -0.05) is 15.9 Å². The molecule has 0 aromatic carbocycles. The summed E-state index contributed by atoms with van der Waals surface area (Å²) in [6.45, 7) is 0. The quantitative estimate of drug-likeness (QED) is 0.465. The summed E-state index contributed by atoms with van der Waals surface area (Å²) < 4.78 is 4.81. The van der Waals surface area contributed by atoms with E-state index in [4.69, 9.17) is 10.5 Å². The van der Waals surface area contributed by atoms with Crippen molar-refractivity contribution in [3.8, 4) is 0 Å². The van der Waals surface area contributed by atoms with Crippen LogP contribution in [0.1, 0.15) is 0 Å². The summed E-state index contributed by atoms with van der Waals surface area (Å²) in [5, 5.41) is 0.695. The highest BCUT2D eigenvalue weighted by Crippen LogP contribution is 2.22. The van der Waals surface area contributed by atoms with Crippen molar-refractivity contribution in [3.05, 3.63) is 0 Å². The Morgan fingerprint density at radius 3 is 2.62 bits per heavy atom. The number of carbonyl (C=O) groups excluding carboxylic acids is 1. The molecule has 0 aromatic rings. The van der Waals surface area contributed by atoms with Crippen molar-refractivity contribution in [2.45, 2.75) is 12.2 Å². The topological polar surface area (TPSA) is 55.6 Å². The number of rotatable bonds is 2. The lowest BCUT2D eigenvalue weighted by Crippen LogP contribution is -2.19. The van der Waals surface area contributed by atoms with E-state index in [0.29, 0.717) is 5.33 Å². The van der Waals surface area contributed by atoms with Crippen LogP contribution in [0, 0.1) is 0 Å². The molecule has 1 aliphatic rings. The van der Waals surface area contributed by atoms with Gasteiger partial charge < -0.3 is 10.5 Å². The molecular formula is C4H6BrNO2.